The zero-order chi connectivity index (χ0) is 16.9. The molecule has 3 rings (SSSR count). The Balaban J connectivity index is 1.51. The summed E-state index contributed by atoms with van der Waals surface area (Å²) in [6.45, 7) is 0. The van der Waals surface area contributed by atoms with Gasteiger partial charge in [-0.2, -0.15) is 0 Å². The quantitative estimate of drug-likeness (QED) is 0.772. The van der Waals surface area contributed by atoms with Gasteiger partial charge >= 0.3 is 6.03 Å². The molecule has 0 radical (unpaired) electrons. The van der Waals surface area contributed by atoms with E-state index in [1.54, 1.807) is 36.4 Å². The second-order valence-corrected chi connectivity index (χ2v) is 6.24. The predicted molar refractivity (Wildman–Crippen MR) is 95.4 cm³/mol. The van der Waals surface area contributed by atoms with Crippen molar-refractivity contribution in [3.8, 4) is 0 Å². The Hall–Kier alpha value is -2.53. The van der Waals surface area contributed by atoms with Gasteiger partial charge in [0.25, 0.3) is 0 Å². The Morgan fingerprint density at radius 2 is 1.71 bits per heavy atom. The van der Waals surface area contributed by atoms with E-state index in [1.807, 2.05) is 12.1 Å². The fraction of sp³-hybridized carbons (Fsp3) is 0.222. The summed E-state index contributed by atoms with van der Waals surface area (Å²) >= 11 is 5.88. The first-order valence-electron chi connectivity index (χ1n) is 7.80. The Morgan fingerprint density at radius 1 is 1.00 bits per heavy atom. The fourth-order valence-corrected chi connectivity index (χ4v) is 2.45. The van der Waals surface area contributed by atoms with E-state index in [2.05, 4.69) is 16.0 Å². The Kier molecular flexibility index (Phi) is 5.01. The summed E-state index contributed by atoms with van der Waals surface area (Å²) in [6.07, 6.45) is 2.51. The molecule has 124 valence electrons. The van der Waals surface area contributed by atoms with Crippen molar-refractivity contribution in [1.29, 1.82) is 0 Å². The number of hydrogen-bond donors (Lipinski definition) is 3. The largest absolute Gasteiger partial charge is 0.353 e. The van der Waals surface area contributed by atoms with Crippen LogP contribution in [0.2, 0.25) is 5.02 Å². The molecular formula is C18H18ClN3O2. The SMILES string of the molecule is O=C(Cc1ccc(NC(=O)Nc2cccc(Cl)c2)cc1)NC1CC1. The minimum absolute atomic E-state index is 0.0388. The highest BCUT2D eigenvalue weighted by Crippen LogP contribution is 2.19. The molecule has 2 aromatic rings. The van der Waals surface area contributed by atoms with Crippen molar-refractivity contribution in [2.75, 3.05) is 10.6 Å². The first kappa shape index (κ1) is 16.3. The van der Waals surface area contributed by atoms with Gasteiger partial charge in [0.2, 0.25) is 5.91 Å². The van der Waals surface area contributed by atoms with Crippen molar-refractivity contribution in [3.63, 3.8) is 0 Å². The lowest BCUT2D eigenvalue weighted by atomic mass is 10.1. The maximum atomic E-state index is 12.0. The summed E-state index contributed by atoms with van der Waals surface area (Å²) in [7, 11) is 0. The van der Waals surface area contributed by atoms with Gasteiger partial charge in [0, 0.05) is 22.4 Å². The number of carbonyl (C=O) groups is 2. The minimum Gasteiger partial charge on any atom is -0.353 e. The van der Waals surface area contributed by atoms with E-state index in [0.717, 1.165) is 18.4 Å². The number of carbonyl (C=O) groups excluding carboxylic acids is 2. The van der Waals surface area contributed by atoms with E-state index < -0.39 is 0 Å². The highest BCUT2D eigenvalue weighted by Gasteiger charge is 2.22. The van der Waals surface area contributed by atoms with E-state index >= 15 is 0 Å². The lowest BCUT2D eigenvalue weighted by molar-refractivity contribution is -0.120. The zero-order valence-electron chi connectivity index (χ0n) is 13.0. The summed E-state index contributed by atoms with van der Waals surface area (Å²) in [4.78, 5) is 23.7. The highest BCUT2D eigenvalue weighted by atomic mass is 35.5. The monoisotopic (exact) mass is 343 g/mol. The molecule has 0 bridgehead atoms. The van der Waals surface area contributed by atoms with Crippen LogP contribution in [0.25, 0.3) is 0 Å². The molecular weight excluding hydrogens is 326 g/mol. The van der Waals surface area contributed by atoms with Crippen molar-refractivity contribution < 1.29 is 9.59 Å². The van der Waals surface area contributed by atoms with Crippen LogP contribution < -0.4 is 16.0 Å². The van der Waals surface area contributed by atoms with E-state index in [9.17, 15) is 9.59 Å². The van der Waals surface area contributed by atoms with Crippen LogP contribution >= 0.6 is 11.6 Å². The van der Waals surface area contributed by atoms with Crippen molar-refractivity contribution >= 4 is 34.9 Å². The Labute approximate surface area is 145 Å². The van der Waals surface area contributed by atoms with Gasteiger partial charge in [0.1, 0.15) is 0 Å². The topological polar surface area (TPSA) is 70.2 Å². The van der Waals surface area contributed by atoms with Crippen LogP contribution in [0.15, 0.2) is 48.5 Å². The normalized spacial score (nSPS) is 13.2. The molecule has 5 nitrogen and oxygen atoms in total. The van der Waals surface area contributed by atoms with Crippen LogP contribution in [0, 0.1) is 0 Å². The number of urea groups is 1. The third kappa shape index (κ3) is 4.99. The lowest BCUT2D eigenvalue weighted by Gasteiger charge is -2.09. The predicted octanol–water partition coefficient (Wildman–Crippen LogP) is 3.81. The molecule has 1 fully saturated rings. The molecule has 0 atom stereocenters. The molecule has 3 N–H and O–H groups in total. The van der Waals surface area contributed by atoms with Gasteiger partial charge in [-0.05, 0) is 48.7 Å². The van der Waals surface area contributed by atoms with E-state index in [4.69, 9.17) is 11.6 Å². The number of hydrogen-bond acceptors (Lipinski definition) is 2. The molecule has 24 heavy (non-hydrogen) atoms. The van der Waals surface area contributed by atoms with Crippen molar-refractivity contribution in [3.05, 3.63) is 59.1 Å². The van der Waals surface area contributed by atoms with E-state index in [-0.39, 0.29) is 11.9 Å². The van der Waals surface area contributed by atoms with E-state index in [1.165, 1.54) is 0 Å². The summed E-state index contributed by atoms with van der Waals surface area (Å²) < 4.78 is 0. The highest BCUT2D eigenvalue weighted by molar-refractivity contribution is 6.30. The van der Waals surface area contributed by atoms with Gasteiger partial charge in [0.05, 0.1) is 6.42 Å². The maximum absolute atomic E-state index is 12.0. The van der Waals surface area contributed by atoms with Gasteiger partial charge in [-0.1, -0.05) is 29.8 Å². The molecule has 0 aliphatic heterocycles. The molecule has 0 unspecified atom stereocenters. The van der Waals surface area contributed by atoms with E-state index in [0.29, 0.717) is 28.9 Å². The minimum atomic E-state index is -0.350. The molecule has 6 heteroatoms. The van der Waals surface area contributed by atoms with Crippen LogP contribution in [-0.2, 0) is 11.2 Å². The molecule has 1 aliphatic carbocycles. The zero-order valence-corrected chi connectivity index (χ0v) is 13.8. The van der Waals surface area contributed by atoms with Crippen molar-refractivity contribution in [2.24, 2.45) is 0 Å². The van der Waals surface area contributed by atoms with Crippen LogP contribution in [-0.4, -0.2) is 18.0 Å². The second kappa shape index (κ2) is 7.36. The smallest absolute Gasteiger partial charge is 0.323 e. The summed E-state index contributed by atoms with van der Waals surface area (Å²) in [5.41, 5.74) is 2.18. The summed E-state index contributed by atoms with van der Waals surface area (Å²) in [5, 5.41) is 8.96. The molecule has 0 saturated heterocycles. The average Bonchev–Trinajstić information content (AvgIpc) is 3.33. The molecule has 3 amide bonds. The number of anilines is 2. The molecule has 2 aromatic carbocycles. The lowest BCUT2D eigenvalue weighted by Crippen LogP contribution is -2.26. The van der Waals surface area contributed by atoms with Crippen LogP contribution in [0.3, 0.4) is 0 Å². The number of nitrogens with one attached hydrogen (secondary N) is 3. The van der Waals surface area contributed by atoms with Gasteiger partial charge in [-0.3, -0.25) is 4.79 Å². The Morgan fingerprint density at radius 3 is 2.38 bits per heavy atom. The second-order valence-electron chi connectivity index (χ2n) is 5.80. The molecule has 0 heterocycles. The van der Waals surface area contributed by atoms with Gasteiger partial charge in [0.15, 0.2) is 0 Å². The molecule has 0 spiro atoms. The Bertz CT molecular complexity index is 742. The van der Waals surface area contributed by atoms with Crippen LogP contribution in [0.5, 0.6) is 0 Å². The summed E-state index contributed by atoms with van der Waals surface area (Å²) in [6, 6.07) is 14.2. The number of rotatable bonds is 5. The maximum Gasteiger partial charge on any atom is 0.323 e. The standard InChI is InChI=1S/C18H18ClN3O2/c19-13-2-1-3-16(11-13)22-18(24)21-15-6-4-12(5-7-15)10-17(23)20-14-8-9-14/h1-7,11,14H,8-10H2,(H,20,23)(H2,21,22,24). The number of halogens is 1. The number of amides is 3. The third-order valence-corrected chi connectivity index (χ3v) is 3.84. The van der Waals surface area contributed by atoms with Gasteiger partial charge < -0.3 is 16.0 Å². The van der Waals surface area contributed by atoms with Gasteiger partial charge in [-0.25, -0.2) is 4.79 Å². The van der Waals surface area contributed by atoms with Crippen molar-refractivity contribution in [1.82, 2.24) is 5.32 Å². The molecule has 1 aliphatic rings. The average molecular weight is 344 g/mol. The third-order valence-electron chi connectivity index (χ3n) is 3.60. The van der Waals surface area contributed by atoms with Gasteiger partial charge in [-0.15, -0.1) is 0 Å². The summed E-state index contributed by atoms with van der Waals surface area (Å²) in [5.74, 6) is 0.0388. The molecule has 0 aromatic heterocycles. The van der Waals surface area contributed by atoms with Crippen LogP contribution in [0.4, 0.5) is 16.2 Å². The fourth-order valence-electron chi connectivity index (χ4n) is 2.26. The first-order chi connectivity index (χ1) is 11.6. The first-order valence-corrected chi connectivity index (χ1v) is 8.18. The molecule has 1 saturated carbocycles. The number of benzene rings is 2. The van der Waals surface area contributed by atoms with Crippen molar-refractivity contribution in [2.45, 2.75) is 25.3 Å². The van der Waals surface area contributed by atoms with Crippen LogP contribution in [0.1, 0.15) is 18.4 Å².